The maximum Gasteiger partial charge on any atom is 0.227 e. The number of hydrogen-bond donors (Lipinski definition) is 1. The molecule has 1 N–H and O–H groups in total. The molecule has 0 aliphatic carbocycles. The minimum absolute atomic E-state index is 0. The summed E-state index contributed by atoms with van der Waals surface area (Å²) in [6.07, 6.45) is 0.656. The second-order valence-corrected chi connectivity index (χ2v) is 5.06. The van der Waals surface area contributed by atoms with Crippen molar-refractivity contribution in [3.8, 4) is 0 Å². The Kier molecular flexibility index (Phi) is 6.15. The fraction of sp³-hybridized carbons (Fsp3) is 0.286. The monoisotopic (exact) mass is 297 g/mol. The van der Waals surface area contributed by atoms with Crippen LogP contribution in [0.2, 0.25) is 0 Å². The van der Waals surface area contributed by atoms with Crippen LogP contribution in [0, 0.1) is 6.92 Å². The summed E-state index contributed by atoms with van der Waals surface area (Å²) in [6, 6.07) is 9.31. The average molecular weight is 298 g/mol. The van der Waals surface area contributed by atoms with Crippen molar-refractivity contribution in [2.75, 3.05) is 6.61 Å². The lowest BCUT2D eigenvalue weighted by molar-refractivity contribution is -0.684. The molecular formula is C14H16ClNO2S. The van der Waals surface area contributed by atoms with Crippen LogP contribution in [0.1, 0.15) is 20.9 Å². The number of aliphatic hydroxyl groups is 1. The Bertz CT molecular complexity index is 540. The van der Waals surface area contributed by atoms with Gasteiger partial charge in [-0.3, -0.25) is 4.79 Å². The molecule has 0 saturated heterocycles. The summed E-state index contributed by atoms with van der Waals surface area (Å²) in [4.78, 5) is 13.2. The molecule has 0 atom stereocenters. The molecule has 0 spiro atoms. The topological polar surface area (TPSA) is 41.2 Å². The van der Waals surface area contributed by atoms with Gasteiger partial charge in [0.15, 0.2) is 5.69 Å². The molecule has 1 aromatic heterocycles. The molecule has 1 heterocycles. The van der Waals surface area contributed by atoms with E-state index in [0.29, 0.717) is 13.0 Å². The Morgan fingerprint density at radius 1 is 1.32 bits per heavy atom. The highest BCUT2D eigenvalue weighted by molar-refractivity contribution is 7.09. The predicted octanol–water partition coefficient (Wildman–Crippen LogP) is -1.23. The van der Waals surface area contributed by atoms with Crippen molar-refractivity contribution in [1.82, 2.24) is 0 Å². The predicted molar refractivity (Wildman–Crippen MR) is 70.8 cm³/mol. The van der Waals surface area contributed by atoms with Crippen molar-refractivity contribution in [2.45, 2.75) is 19.9 Å². The molecule has 19 heavy (non-hydrogen) atoms. The Morgan fingerprint density at radius 2 is 2.00 bits per heavy atom. The lowest BCUT2D eigenvalue weighted by Gasteiger charge is -1.97. The Balaban J connectivity index is 0.00000180. The van der Waals surface area contributed by atoms with Gasteiger partial charge in [0.2, 0.25) is 17.8 Å². The molecule has 0 aliphatic heterocycles. The molecule has 0 saturated carbocycles. The first-order valence-corrected chi connectivity index (χ1v) is 6.76. The number of nitrogens with zero attached hydrogens (tertiary/aromatic N) is 1. The van der Waals surface area contributed by atoms with Gasteiger partial charge in [-0.05, 0) is 0 Å². The Morgan fingerprint density at radius 3 is 2.63 bits per heavy atom. The number of hydrogen-bond acceptors (Lipinski definition) is 3. The Labute approximate surface area is 122 Å². The van der Waals surface area contributed by atoms with Gasteiger partial charge in [-0.15, -0.1) is 0 Å². The largest absolute Gasteiger partial charge is 1.00 e. The normalized spacial score (nSPS) is 10.0. The zero-order valence-electron chi connectivity index (χ0n) is 10.7. The molecule has 0 aliphatic rings. The first-order chi connectivity index (χ1) is 8.72. The summed E-state index contributed by atoms with van der Waals surface area (Å²) in [5, 5.41) is 8.94. The number of ketones is 1. The third kappa shape index (κ3) is 3.86. The van der Waals surface area contributed by atoms with Crippen LogP contribution < -0.4 is 17.0 Å². The summed E-state index contributed by atoms with van der Waals surface area (Å²) in [5.41, 5.74) is 3.75. The second kappa shape index (κ2) is 7.38. The SMILES string of the molecule is Cc1c(CCO)sc[n+]1CC(=O)c1ccccc1.[Cl-]. The van der Waals surface area contributed by atoms with Gasteiger partial charge in [0, 0.05) is 25.5 Å². The van der Waals surface area contributed by atoms with E-state index in [1.54, 1.807) is 11.3 Å². The van der Waals surface area contributed by atoms with E-state index in [4.69, 9.17) is 5.11 Å². The zero-order valence-corrected chi connectivity index (χ0v) is 12.2. The third-order valence-electron chi connectivity index (χ3n) is 2.91. The van der Waals surface area contributed by atoms with E-state index in [-0.39, 0.29) is 24.8 Å². The van der Waals surface area contributed by atoms with Crippen LogP contribution in [0.3, 0.4) is 0 Å². The highest BCUT2D eigenvalue weighted by Crippen LogP contribution is 2.11. The molecule has 0 unspecified atom stereocenters. The minimum Gasteiger partial charge on any atom is -1.00 e. The number of aromatic nitrogens is 1. The molecule has 0 bridgehead atoms. The zero-order chi connectivity index (χ0) is 13.0. The molecule has 0 fully saturated rings. The molecule has 102 valence electrons. The number of aliphatic hydroxyl groups excluding tert-OH is 1. The van der Waals surface area contributed by atoms with Crippen molar-refractivity contribution in [3.63, 3.8) is 0 Å². The second-order valence-electron chi connectivity index (χ2n) is 4.12. The molecule has 0 radical (unpaired) electrons. The number of rotatable bonds is 5. The van der Waals surface area contributed by atoms with Crippen molar-refractivity contribution in [3.05, 3.63) is 52.0 Å². The number of carbonyl (C=O) groups is 1. The van der Waals surface area contributed by atoms with Gasteiger partial charge in [0.25, 0.3) is 0 Å². The van der Waals surface area contributed by atoms with E-state index in [1.165, 1.54) is 0 Å². The number of benzene rings is 1. The van der Waals surface area contributed by atoms with E-state index in [0.717, 1.165) is 16.1 Å². The standard InChI is InChI=1S/C14H16NO2S.ClH/c1-11-14(7-8-16)18-10-15(11)9-13(17)12-5-3-2-4-6-12;/h2-6,10,16H,7-9H2,1H3;1H/q+1;/p-1. The van der Waals surface area contributed by atoms with Gasteiger partial charge >= 0.3 is 0 Å². The van der Waals surface area contributed by atoms with Gasteiger partial charge in [-0.25, -0.2) is 0 Å². The maximum atomic E-state index is 12.1. The molecule has 0 amide bonds. The maximum absolute atomic E-state index is 12.1. The van der Waals surface area contributed by atoms with Crippen molar-refractivity contribution in [1.29, 1.82) is 0 Å². The van der Waals surface area contributed by atoms with Crippen molar-refractivity contribution in [2.24, 2.45) is 0 Å². The fourth-order valence-electron chi connectivity index (χ4n) is 1.82. The highest BCUT2D eigenvalue weighted by atomic mass is 35.5. The number of halogens is 1. The number of carbonyl (C=O) groups excluding carboxylic acids is 1. The smallest absolute Gasteiger partial charge is 0.227 e. The number of Topliss-reactive ketones (excluding diaryl/α,β-unsaturated/α-hetero) is 1. The molecule has 5 heteroatoms. The first-order valence-electron chi connectivity index (χ1n) is 5.88. The van der Waals surface area contributed by atoms with Crippen LogP contribution in [0.15, 0.2) is 35.8 Å². The van der Waals surface area contributed by atoms with E-state index in [1.807, 2.05) is 47.3 Å². The summed E-state index contributed by atoms with van der Waals surface area (Å²) in [7, 11) is 0. The summed E-state index contributed by atoms with van der Waals surface area (Å²) < 4.78 is 1.95. The quantitative estimate of drug-likeness (QED) is 0.554. The van der Waals surface area contributed by atoms with Crippen LogP contribution in [-0.4, -0.2) is 17.5 Å². The van der Waals surface area contributed by atoms with Crippen LogP contribution >= 0.6 is 11.3 Å². The third-order valence-corrected chi connectivity index (χ3v) is 4.05. The van der Waals surface area contributed by atoms with E-state index in [2.05, 4.69) is 0 Å². The van der Waals surface area contributed by atoms with Crippen molar-refractivity contribution >= 4 is 17.1 Å². The summed E-state index contributed by atoms with van der Waals surface area (Å²) in [5.74, 6) is 0.108. The average Bonchev–Trinajstić information content (AvgIpc) is 2.73. The first kappa shape index (κ1) is 15.8. The van der Waals surface area contributed by atoms with Gasteiger partial charge < -0.3 is 17.5 Å². The van der Waals surface area contributed by atoms with Crippen LogP contribution in [0.4, 0.5) is 0 Å². The van der Waals surface area contributed by atoms with Gasteiger partial charge in [0.1, 0.15) is 0 Å². The molecule has 1 aromatic carbocycles. The Hall–Kier alpha value is -1.23. The minimum atomic E-state index is 0. The van der Waals surface area contributed by atoms with Gasteiger partial charge in [-0.1, -0.05) is 41.7 Å². The lowest BCUT2D eigenvalue weighted by Crippen LogP contribution is -3.00. The summed E-state index contributed by atoms with van der Waals surface area (Å²) >= 11 is 1.59. The molecule has 3 nitrogen and oxygen atoms in total. The van der Waals surface area contributed by atoms with E-state index >= 15 is 0 Å². The fourth-order valence-corrected chi connectivity index (χ4v) is 2.80. The molecular weight excluding hydrogens is 282 g/mol. The van der Waals surface area contributed by atoms with Gasteiger partial charge in [0.05, 0.1) is 4.88 Å². The van der Waals surface area contributed by atoms with E-state index < -0.39 is 0 Å². The van der Waals surface area contributed by atoms with Crippen LogP contribution in [0.25, 0.3) is 0 Å². The lowest BCUT2D eigenvalue weighted by atomic mass is 10.1. The highest BCUT2D eigenvalue weighted by Gasteiger charge is 2.18. The van der Waals surface area contributed by atoms with Crippen LogP contribution in [0.5, 0.6) is 0 Å². The van der Waals surface area contributed by atoms with Crippen LogP contribution in [-0.2, 0) is 13.0 Å². The van der Waals surface area contributed by atoms with E-state index in [9.17, 15) is 4.79 Å². The van der Waals surface area contributed by atoms with Gasteiger partial charge in [-0.2, -0.15) is 4.57 Å². The number of thiazole rings is 1. The summed E-state index contributed by atoms with van der Waals surface area (Å²) in [6.45, 7) is 2.49. The molecule has 2 aromatic rings. The van der Waals surface area contributed by atoms with Crippen molar-refractivity contribution < 1.29 is 26.9 Å². The molecule has 2 rings (SSSR count).